The van der Waals surface area contributed by atoms with Gasteiger partial charge in [-0.2, -0.15) is 4.31 Å². The minimum absolute atomic E-state index is 0.0820. The quantitative estimate of drug-likeness (QED) is 0.888. The molecule has 140 valence electrons. The molecule has 2 aliphatic heterocycles. The van der Waals surface area contributed by atoms with Crippen LogP contribution in [-0.4, -0.2) is 48.3 Å². The summed E-state index contributed by atoms with van der Waals surface area (Å²) in [7, 11) is -3.37. The number of rotatable bonds is 3. The first kappa shape index (κ1) is 18.6. The Kier molecular flexibility index (Phi) is 5.37. The SMILES string of the molecule is CC1CC[C@H](C)N(Cc2ccc(N3CCC(O)CC3)cc2F)S1(=O)=O. The molecule has 3 rings (SSSR count). The molecule has 0 spiro atoms. The first-order chi connectivity index (χ1) is 11.8. The fourth-order valence-electron chi connectivity index (χ4n) is 3.65. The zero-order chi connectivity index (χ0) is 18.2. The maximum Gasteiger partial charge on any atom is 0.217 e. The van der Waals surface area contributed by atoms with E-state index in [9.17, 15) is 17.9 Å². The fraction of sp³-hybridized carbons (Fsp3) is 0.667. The van der Waals surface area contributed by atoms with Gasteiger partial charge in [0.1, 0.15) is 5.82 Å². The molecule has 0 radical (unpaired) electrons. The molecule has 2 fully saturated rings. The fourth-order valence-corrected chi connectivity index (χ4v) is 5.47. The normalized spacial score (nSPS) is 28.2. The minimum Gasteiger partial charge on any atom is -0.393 e. The number of aliphatic hydroxyl groups is 1. The van der Waals surface area contributed by atoms with Gasteiger partial charge in [0.25, 0.3) is 0 Å². The monoisotopic (exact) mass is 370 g/mol. The van der Waals surface area contributed by atoms with Gasteiger partial charge in [-0.1, -0.05) is 6.07 Å². The van der Waals surface area contributed by atoms with Crippen molar-refractivity contribution in [3.05, 3.63) is 29.6 Å². The summed E-state index contributed by atoms with van der Waals surface area (Å²) in [6, 6.07) is 4.92. The Balaban J connectivity index is 1.77. The average molecular weight is 370 g/mol. The van der Waals surface area contributed by atoms with Gasteiger partial charge in [-0.15, -0.1) is 0 Å². The number of nitrogens with zero attached hydrogens (tertiary/aromatic N) is 2. The topological polar surface area (TPSA) is 60.9 Å². The van der Waals surface area contributed by atoms with Crippen molar-refractivity contribution in [2.24, 2.45) is 0 Å². The predicted molar refractivity (Wildman–Crippen MR) is 96.5 cm³/mol. The van der Waals surface area contributed by atoms with Gasteiger partial charge >= 0.3 is 0 Å². The number of hydrogen-bond acceptors (Lipinski definition) is 4. The zero-order valence-corrected chi connectivity index (χ0v) is 15.7. The molecule has 0 bridgehead atoms. The summed E-state index contributed by atoms with van der Waals surface area (Å²) in [5.74, 6) is -0.371. The highest BCUT2D eigenvalue weighted by Gasteiger charge is 2.37. The van der Waals surface area contributed by atoms with Crippen LogP contribution < -0.4 is 4.90 Å². The number of piperidine rings is 1. The smallest absolute Gasteiger partial charge is 0.217 e. The molecule has 25 heavy (non-hydrogen) atoms. The number of hydrogen-bond donors (Lipinski definition) is 1. The minimum atomic E-state index is -3.37. The van der Waals surface area contributed by atoms with E-state index in [-0.39, 0.29) is 24.5 Å². The van der Waals surface area contributed by atoms with E-state index < -0.39 is 15.3 Å². The van der Waals surface area contributed by atoms with Crippen LogP contribution in [0.3, 0.4) is 0 Å². The molecule has 1 N–H and O–H groups in total. The Morgan fingerprint density at radius 3 is 2.48 bits per heavy atom. The van der Waals surface area contributed by atoms with E-state index in [0.717, 1.165) is 12.1 Å². The average Bonchev–Trinajstić information content (AvgIpc) is 2.57. The van der Waals surface area contributed by atoms with Gasteiger partial charge in [0, 0.05) is 36.9 Å². The highest BCUT2D eigenvalue weighted by atomic mass is 32.2. The summed E-state index contributed by atoms with van der Waals surface area (Å²) in [5.41, 5.74) is 1.20. The standard InChI is InChI=1S/C18H27FN2O3S/c1-13-3-4-14(2)25(23,24)21(13)12-15-5-6-16(11-18(15)19)20-9-7-17(22)8-10-20/h5-6,11,13-14,17,22H,3-4,7-10,12H2,1-2H3/t13-,14?/m0/s1. The molecule has 1 aromatic carbocycles. The van der Waals surface area contributed by atoms with Gasteiger partial charge in [0.2, 0.25) is 10.0 Å². The van der Waals surface area contributed by atoms with Gasteiger partial charge in [-0.25, -0.2) is 12.8 Å². The van der Waals surface area contributed by atoms with Crippen LogP contribution in [0, 0.1) is 5.82 Å². The molecule has 2 atom stereocenters. The summed E-state index contributed by atoms with van der Waals surface area (Å²) in [6.45, 7) is 5.09. The molecular weight excluding hydrogens is 343 g/mol. The molecular formula is C18H27FN2O3S. The van der Waals surface area contributed by atoms with Gasteiger partial charge in [-0.3, -0.25) is 0 Å². The van der Waals surface area contributed by atoms with Crippen LogP contribution in [0.4, 0.5) is 10.1 Å². The Morgan fingerprint density at radius 2 is 1.84 bits per heavy atom. The summed E-state index contributed by atoms with van der Waals surface area (Å²) >= 11 is 0. The van der Waals surface area contributed by atoms with Crippen LogP contribution in [0.2, 0.25) is 0 Å². The van der Waals surface area contributed by atoms with E-state index >= 15 is 0 Å². The summed E-state index contributed by atoms with van der Waals surface area (Å²) < 4.78 is 41.2. The molecule has 2 saturated heterocycles. The highest BCUT2D eigenvalue weighted by molar-refractivity contribution is 7.89. The lowest BCUT2D eigenvalue weighted by Gasteiger charge is -2.36. The molecule has 2 aliphatic rings. The molecule has 0 aromatic heterocycles. The van der Waals surface area contributed by atoms with Crippen molar-refractivity contribution in [1.29, 1.82) is 0 Å². The van der Waals surface area contributed by atoms with Gasteiger partial charge < -0.3 is 10.0 Å². The van der Waals surface area contributed by atoms with Gasteiger partial charge in [-0.05, 0) is 51.7 Å². The zero-order valence-electron chi connectivity index (χ0n) is 14.9. The number of aliphatic hydroxyl groups excluding tert-OH is 1. The van der Waals surface area contributed by atoms with Crippen molar-refractivity contribution in [3.8, 4) is 0 Å². The molecule has 1 unspecified atom stereocenters. The largest absolute Gasteiger partial charge is 0.393 e. The Labute approximate surface area is 149 Å². The van der Waals surface area contributed by atoms with Gasteiger partial charge in [0.05, 0.1) is 11.4 Å². The summed E-state index contributed by atoms with van der Waals surface area (Å²) in [5, 5.41) is 9.18. The second kappa shape index (κ2) is 7.21. The molecule has 5 nitrogen and oxygen atoms in total. The van der Waals surface area contributed by atoms with E-state index in [1.165, 1.54) is 10.4 Å². The number of benzene rings is 1. The van der Waals surface area contributed by atoms with Crippen molar-refractivity contribution < 1.29 is 17.9 Å². The second-order valence-corrected chi connectivity index (χ2v) is 9.62. The predicted octanol–water partition coefficient (Wildman–Crippen LogP) is 2.49. The van der Waals surface area contributed by atoms with E-state index in [1.807, 2.05) is 13.0 Å². The maximum absolute atomic E-state index is 14.6. The van der Waals surface area contributed by atoms with E-state index in [1.54, 1.807) is 13.0 Å². The van der Waals surface area contributed by atoms with E-state index in [0.29, 0.717) is 37.9 Å². The van der Waals surface area contributed by atoms with Crippen molar-refractivity contribution in [2.75, 3.05) is 18.0 Å². The van der Waals surface area contributed by atoms with Crippen LogP contribution in [0.15, 0.2) is 18.2 Å². The highest BCUT2D eigenvalue weighted by Crippen LogP contribution is 2.29. The lowest BCUT2D eigenvalue weighted by atomic mass is 10.1. The van der Waals surface area contributed by atoms with Crippen LogP contribution in [0.5, 0.6) is 0 Å². The lowest BCUT2D eigenvalue weighted by molar-refractivity contribution is 0.145. The maximum atomic E-state index is 14.6. The van der Waals surface area contributed by atoms with Crippen molar-refractivity contribution >= 4 is 15.7 Å². The van der Waals surface area contributed by atoms with Gasteiger partial charge in [0.15, 0.2) is 0 Å². The second-order valence-electron chi connectivity index (χ2n) is 7.32. The molecule has 0 saturated carbocycles. The molecule has 0 aliphatic carbocycles. The van der Waals surface area contributed by atoms with Crippen LogP contribution in [-0.2, 0) is 16.6 Å². The van der Waals surface area contributed by atoms with Crippen LogP contribution in [0.1, 0.15) is 45.1 Å². The summed E-state index contributed by atoms with van der Waals surface area (Å²) in [4.78, 5) is 2.06. The number of halogens is 1. The van der Waals surface area contributed by atoms with E-state index in [4.69, 9.17) is 0 Å². The number of anilines is 1. The van der Waals surface area contributed by atoms with Crippen LogP contribution in [0.25, 0.3) is 0 Å². The Morgan fingerprint density at radius 1 is 1.16 bits per heavy atom. The molecule has 1 aromatic rings. The first-order valence-electron chi connectivity index (χ1n) is 9.01. The third kappa shape index (κ3) is 3.83. The van der Waals surface area contributed by atoms with E-state index in [2.05, 4.69) is 4.90 Å². The number of sulfonamides is 1. The Bertz CT molecular complexity index is 717. The lowest BCUT2D eigenvalue weighted by Crippen LogP contribution is -2.47. The Hall–Kier alpha value is -1.18. The third-order valence-corrected chi connectivity index (χ3v) is 7.91. The van der Waals surface area contributed by atoms with Crippen molar-refractivity contribution in [2.45, 2.75) is 63.5 Å². The van der Waals surface area contributed by atoms with Crippen molar-refractivity contribution in [3.63, 3.8) is 0 Å². The summed E-state index contributed by atoms with van der Waals surface area (Å²) in [6.07, 6.45) is 2.56. The van der Waals surface area contributed by atoms with Crippen LogP contribution >= 0.6 is 0 Å². The molecule has 7 heteroatoms. The van der Waals surface area contributed by atoms with Crippen molar-refractivity contribution in [1.82, 2.24) is 4.31 Å². The molecule has 0 amide bonds. The molecule has 2 heterocycles. The third-order valence-electron chi connectivity index (χ3n) is 5.51. The first-order valence-corrected chi connectivity index (χ1v) is 10.5.